The molecule has 128 valence electrons. The Balaban J connectivity index is 1.90. The third kappa shape index (κ3) is 4.24. The van der Waals surface area contributed by atoms with Crippen molar-refractivity contribution < 1.29 is 9.00 Å². The molecule has 0 spiro atoms. The molecule has 25 heavy (non-hydrogen) atoms. The highest BCUT2D eigenvalue weighted by atomic mass is 35.5. The molecule has 2 atom stereocenters. The zero-order valence-corrected chi connectivity index (χ0v) is 15.2. The Morgan fingerprint density at radius 1 is 1.20 bits per heavy atom. The zero-order chi connectivity index (χ0) is 17.9. The van der Waals surface area contributed by atoms with Crippen molar-refractivity contribution >= 4 is 27.2 Å². The van der Waals surface area contributed by atoms with Gasteiger partial charge in [0.1, 0.15) is 0 Å². The summed E-state index contributed by atoms with van der Waals surface area (Å²) in [7, 11) is -2.67. The maximum absolute atomic E-state index is 12.8. The van der Waals surface area contributed by atoms with Gasteiger partial charge >= 0.3 is 0 Å². The third-order valence-corrected chi connectivity index (χ3v) is 6.18. The summed E-state index contributed by atoms with van der Waals surface area (Å²) in [6, 6.07) is 8.96. The summed E-state index contributed by atoms with van der Waals surface area (Å²) in [5.41, 5.74) is 1.99. The second-order valence-electron chi connectivity index (χ2n) is 5.81. The highest BCUT2D eigenvalue weighted by Gasteiger charge is 2.19. The van der Waals surface area contributed by atoms with Crippen molar-refractivity contribution in [3.8, 4) is 11.1 Å². The summed E-state index contributed by atoms with van der Waals surface area (Å²) in [6.45, 7) is 0. The van der Waals surface area contributed by atoms with Crippen LogP contribution in [0.2, 0.25) is 5.02 Å². The summed E-state index contributed by atoms with van der Waals surface area (Å²) in [5.74, 6) is -0.515. The molecule has 6 heteroatoms. The first-order valence-electron chi connectivity index (χ1n) is 7.75. The number of amides is 1. The average Bonchev–Trinajstić information content (AvgIpc) is 2.63. The van der Waals surface area contributed by atoms with E-state index >= 15 is 0 Å². The largest absolute Gasteiger partial charge is 0.286 e. The van der Waals surface area contributed by atoms with Crippen LogP contribution in [0.5, 0.6) is 0 Å². The van der Waals surface area contributed by atoms with E-state index in [-0.39, 0.29) is 5.25 Å². The summed E-state index contributed by atoms with van der Waals surface area (Å²) in [5, 5.41) is 0.383. The molecule has 0 radical (unpaired) electrons. The molecule has 0 fully saturated rings. The van der Waals surface area contributed by atoms with Crippen LogP contribution in [0.1, 0.15) is 16.8 Å². The molecule has 0 saturated carbocycles. The predicted octanol–water partition coefficient (Wildman–Crippen LogP) is 4.52. The van der Waals surface area contributed by atoms with Crippen molar-refractivity contribution in [2.75, 3.05) is 6.26 Å². The molecule has 0 bridgehead atoms. The van der Waals surface area contributed by atoms with Gasteiger partial charge in [0.15, 0.2) is 0 Å². The Labute approximate surface area is 152 Å². The van der Waals surface area contributed by atoms with E-state index in [4.69, 9.17) is 11.6 Å². The van der Waals surface area contributed by atoms with Crippen LogP contribution in [-0.2, 0) is 9.73 Å². The van der Waals surface area contributed by atoms with Gasteiger partial charge in [-0.1, -0.05) is 48.0 Å². The lowest BCUT2D eigenvalue weighted by Gasteiger charge is -2.14. The number of benzene rings is 1. The van der Waals surface area contributed by atoms with Crippen molar-refractivity contribution in [1.29, 1.82) is 0 Å². The van der Waals surface area contributed by atoms with Gasteiger partial charge in [-0.2, -0.15) is 4.36 Å². The molecule has 1 amide bonds. The van der Waals surface area contributed by atoms with Crippen LogP contribution in [0, 0.1) is 0 Å². The van der Waals surface area contributed by atoms with Crippen LogP contribution < -0.4 is 0 Å². The smallest absolute Gasteiger partial charge is 0.266 e. The molecule has 4 nitrogen and oxygen atoms in total. The fraction of sp³-hybridized carbons (Fsp3) is 0.158. The number of hydrogen-bond acceptors (Lipinski definition) is 3. The highest BCUT2D eigenvalue weighted by Crippen LogP contribution is 2.22. The standard InChI is InChI=1S/C19H17ClN2O2S/c1-25(24,18-5-3-2-4-6-18)22-19(23)16-11-15(12-21-13-16)14-7-9-17(20)10-8-14/h2-5,7-13,18H,6H2,1H3. The number of pyridine rings is 1. The van der Waals surface area contributed by atoms with Crippen molar-refractivity contribution in [2.24, 2.45) is 4.36 Å². The summed E-state index contributed by atoms with van der Waals surface area (Å²) < 4.78 is 16.8. The van der Waals surface area contributed by atoms with E-state index in [2.05, 4.69) is 9.35 Å². The van der Waals surface area contributed by atoms with Crippen molar-refractivity contribution in [3.05, 3.63) is 77.6 Å². The van der Waals surface area contributed by atoms with Crippen molar-refractivity contribution in [2.45, 2.75) is 11.7 Å². The predicted molar refractivity (Wildman–Crippen MR) is 102 cm³/mol. The summed E-state index contributed by atoms with van der Waals surface area (Å²) in [6.07, 6.45) is 12.7. The Hall–Kier alpha value is -2.24. The fourth-order valence-corrected chi connectivity index (χ4v) is 4.07. The van der Waals surface area contributed by atoms with E-state index in [1.807, 2.05) is 36.4 Å². The molecule has 1 aliphatic carbocycles. The molecule has 2 unspecified atom stereocenters. The fourth-order valence-electron chi connectivity index (χ4n) is 2.52. The monoisotopic (exact) mass is 372 g/mol. The molecule has 0 N–H and O–H groups in total. The van der Waals surface area contributed by atoms with Gasteiger partial charge in [0.05, 0.1) is 20.5 Å². The van der Waals surface area contributed by atoms with Gasteiger partial charge in [-0.15, -0.1) is 0 Å². The van der Waals surface area contributed by atoms with Crippen molar-refractivity contribution in [3.63, 3.8) is 0 Å². The van der Waals surface area contributed by atoms with Gasteiger partial charge in [-0.05, 0) is 30.2 Å². The minimum atomic E-state index is -2.67. The van der Waals surface area contributed by atoms with E-state index in [0.29, 0.717) is 17.0 Å². The molecular formula is C19H17ClN2O2S. The minimum absolute atomic E-state index is 0.256. The normalized spacial score (nSPS) is 18.6. The Bertz CT molecular complexity index is 971. The Morgan fingerprint density at radius 3 is 2.64 bits per heavy atom. The first kappa shape index (κ1) is 17.6. The number of hydrogen-bond donors (Lipinski definition) is 0. The van der Waals surface area contributed by atoms with Crippen LogP contribution in [0.15, 0.2) is 71.4 Å². The van der Waals surface area contributed by atoms with E-state index in [1.54, 1.807) is 24.4 Å². The van der Waals surface area contributed by atoms with Crippen LogP contribution in [-0.4, -0.2) is 26.6 Å². The first-order valence-corrected chi connectivity index (χ1v) is 10.1. The number of carbonyl (C=O) groups excluding carboxylic acids is 1. The number of aromatic nitrogens is 1. The summed E-state index contributed by atoms with van der Waals surface area (Å²) >= 11 is 5.90. The van der Waals surface area contributed by atoms with Crippen LogP contribution in [0.25, 0.3) is 11.1 Å². The van der Waals surface area contributed by atoms with Gasteiger partial charge in [0.2, 0.25) is 0 Å². The number of allylic oxidation sites excluding steroid dienone is 3. The van der Waals surface area contributed by atoms with E-state index < -0.39 is 15.6 Å². The van der Waals surface area contributed by atoms with Gasteiger partial charge in [0, 0.05) is 29.2 Å². The molecule has 3 rings (SSSR count). The second-order valence-corrected chi connectivity index (χ2v) is 8.76. The Kier molecular flexibility index (Phi) is 5.16. The van der Waals surface area contributed by atoms with Crippen molar-refractivity contribution in [1.82, 2.24) is 4.98 Å². The van der Waals surface area contributed by atoms with Gasteiger partial charge in [-0.3, -0.25) is 9.78 Å². The number of nitrogens with zero attached hydrogens (tertiary/aromatic N) is 2. The maximum Gasteiger partial charge on any atom is 0.286 e. The number of carbonyl (C=O) groups is 1. The van der Waals surface area contributed by atoms with Crippen LogP contribution >= 0.6 is 11.6 Å². The molecule has 2 aromatic rings. The molecule has 0 saturated heterocycles. The lowest BCUT2D eigenvalue weighted by molar-refractivity contribution is 0.100. The quantitative estimate of drug-likeness (QED) is 0.795. The Morgan fingerprint density at radius 2 is 1.96 bits per heavy atom. The topological polar surface area (TPSA) is 59.4 Å². The molecule has 1 aliphatic rings. The maximum atomic E-state index is 12.8. The van der Waals surface area contributed by atoms with E-state index in [0.717, 1.165) is 11.1 Å². The summed E-state index contributed by atoms with van der Waals surface area (Å²) in [4.78, 5) is 16.6. The highest BCUT2D eigenvalue weighted by molar-refractivity contribution is 7.94. The lowest BCUT2D eigenvalue weighted by atomic mass is 10.1. The van der Waals surface area contributed by atoms with Gasteiger partial charge in [0.25, 0.3) is 5.91 Å². The van der Waals surface area contributed by atoms with Gasteiger partial charge < -0.3 is 0 Å². The van der Waals surface area contributed by atoms with E-state index in [1.165, 1.54) is 12.5 Å². The molecule has 1 aromatic heterocycles. The van der Waals surface area contributed by atoms with E-state index in [9.17, 15) is 9.00 Å². The number of halogens is 1. The third-order valence-electron chi connectivity index (χ3n) is 3.93. The average molecular weight is 373 g/mol. The minimum Gasteiger partial charge on any atom is -0.266 e. The lowest BCUT2D eigenvalue weighted by Crippen LogP contribution is -2.19. The molecule has 1 heterocycles. The first-order chi connectivity index (χ1) is 12.0. The SMILES string of the molecule is CS(=O)(=NC(=O)c1cncc(-c2ccc(Cl)cc2)c1)C1C=CC=CC1. The molecule has 1 aromatic carbocycles. The zero-order valence-electron chi connectivity index (χ0n) is 13.6. The molecular weight excluding hydrogens is 356 g/mol. The second kappa shape index (κ2) is 7.33. The van der Waals surface area contributed by atoms with Crippen LogP contribution in [0.3, 0.4) is 0 Å². The van der Waals surface area contributed by atoms with Gasteiger partial charge in [-0.25, -0.2) is 4.21 Å². The van der Waals surface area contributed by atoms with Crippen LogP contribution in [0.4, 0.5) is 0 Å². The number of rotatable bonds is 3. The molecule has 0 aliphatic heterocycles.